The van der Waals surface area contributed by atoms with Crippen molar-refractivity contribution < 1.29 is 24.1 Å². The van der Waals surface area contributed by atoms with Crippen molar-refractivity contribution >= 4 is 5.69 Å². The lowest BCUT2D eigenvalue weighted by molar-refractivity contribution is -0.163. The molecule has 0 aromatic heterocycles. The van der Waals surface area contributed by atoms with Crippen LogP contribution in [0.2, 0.25) is 0 Å². The number of nitrogens with zero attached hydrogens (tertiary/aromatic N) is 1. The van der Waals surface area contributed by atoms with Crippen LogP contribution in [0, 0.1) is 6.57 Å². The molecule has 0 aliphatic carbocycles. The van der Waals surface area contributed by atoms with E-state index in [1.54, 1.807) is 24.3 Å². The van der Waals surface area contributed by atoms with Gasteiger partial charge in [-0.15, -0.1) is 0 Å². The molecule has 2 aromatic carbocycles. The first kappa shape index (κ1) is 19.0. The fraction of sp³-hybridized carbons (Fsp3) is 0.381. The molecule has 1 aliphatic heterocycles. The molecular formula is C21H23NO5. The van der Waals surface area contributed by atoms with Gasteiger partial charge >= 0.3 is 0 Å². The molecule has 1 N–H and O–H groups in total. The highest BCUT2D eigenvalue weighted by molar-refractivity contribution is 5.55. The van der Waals surface area contributed by atoms with Crippen molar-refractivity contribution in [2.75, 3.05) is 19.8 Å². The van der Waals surface area contributed by atoms with Gasteiger partial charge in [0.2, 0.25) is 0 Å². The summed E-state index contributed by atoms with van der Waals surface area (Å²) in [4.78, 5) is 3.27. The summed E-state index contributed by atoms with van der Waals surface area (Å²) in [5.74, 6) is 1.45. The summed E-state index contributed by atoms with van der Waals surface area (Å²) >= 11 is 0. The van der Waals surface area contributed by atoms with Crippen LogP contribution in [0.15, 0.2) is 42.5 Å². The average molecular weight is 369 g/mol. The van der Waals surface area contributed by atoms with E-state index in [0.29, 0.717) is 36.1 Å². The second-order valence-corrected chi connectivity index (χ2v) is 6.21. The van der Waals surface area contributed by atoms with Gasteiger partial charge in [-0.3, -0.25) is 0 Å². The molecule has 6 heteroatoms. The van der Waals surface area contributed by atoms with Gasteiger partial charge < -0.3 is 24.1 Å². The predicted octanol–water partition coefficient (Wildman–Crippen LogP) is 5.05. The molecule has 1 fully saturated rings. The monoisotopic (exact) mass is 369 g/mol. The molecule has 1 heterocycles. The molecule has 0 radical (unpaired) electrons. The summed E-state index contributed by atoms with van der Waals surface area (Å²) < 4.78 is 22.6. The number of aromatic hydroxyl groups is 1. The predicted molar refractivity (Wildman–Crippen MR) is 101 cm³/mol. The number of ether oxygens (including phenoxy) is 4. The van der Waals surface area contributed by atoms with Gasteiger partial charge in [0.1, 0.15) is 17.2 Å². The van der Waals surface area contributed by atoms with Gasteiger partial charge in [0, 0.05) is 19.1 Å². The quantitative estimate of drug-likeness (QED) is 0.521. The summed E-state index contributed by atoms with van der Waals surface area (Å²) in [7, 11) is 0. The zero-order chi connectivity index (χ0) is 18.9. The zero-order valence-electron chi connectivity index (χ0n) is 15.1. The van der Waals surface area contributed by atoms with Crippen molar-refractivity contribution in [3.8, 4) is 23.0 Å². The first-order valence-corrected chi connectivity index (χ1v) is 9.09. The molecule has 27 heavy (non-hydrogen) atoms. The molecule has 1 saturated heterocycles. The second kappa shape index (κ2) is 9.81. The number of benzene rings is 2. The standard InChI is InChI=1S/C21H23NO5/c1-22-16-9-10-20(19(23)14-16)27-18-7-4-6-17(15-18)24-12-5-13-26-21-8-2-3-11-25-21/h4,6-7,9-10,14-15,21,23H,2-3,5,8,11-13H2. The Bertz CT molecular complexity index is 780. The lowest BCUT2D eigenvalue weighted by Crippen LogP contribution is -2.23. The maximum atomic E-state index is 9.94. The maximum absolute atomic E-state index is 9.94. The third-order valence-corrected chi connectivity index (χ3v) is 4.10. The lowest BCUT2D eigenvalue weighted by Gasteiger charge is -2.22. The highest BCUT2D eigenvalue weighted by Crippen LogP contribution is 2.34. The summed E-state index contributed by atoms with van der Waals surface area (Å²) in [6.45, 7) is 8.86. The minimum absolute atomic E-state index is 0.0719. The van der Waals surface area contributed by atoms with Crippen molar-refractivity contribution in [1.82, 2.24) is 0 Å². The van der Waals surface area contributed by atoms with Crippen LogP contribution in [0.3, 0.4) is 0 Å². The molecule has 2 aromatic rings. The second-order valence-electron chi connectivity index (χ2n) is 6.21. The van der Waals surface area contributed by atoms with Crippen molar-refractivity contribution in [1.29, 1.82) is 0 Å². The fourth-order valence-corrected chi connectivity index (χ4v) is 2.72. The molecule has 1 atom stereocenters. The van der Waals surface area contributed by atoms with E-state index in [2.05, 4.69) is 4.85 Å². The molecule has 0 saturated carbocycles. The van der Waals surface area contributed by atoms with Gasteiger partial charge in [-0.2, -0.15) is 0 Å². The van der Waals surface area contributed by atoms with Crippen LogP contribution in [0.1, 0.15) is 25.7 Å². The van der Waals surface area contributed by atoms with Crippen molar-refractivity contribution in [3.05, 3.63) is 53.9 Å². The topological polar surface area (TPSA) is 61.5 Å². The number of phenolic OH excluding ortho intramolecular Hbond substituents is 1. The average Bonchev–Trinajstić information content (AvgIpc) is 2.70. The van der Waals surface area contributed by atoms with Crippen LogP contribution >= 0.6 is 0 Å². The summed E-state index contributed by atoms with van der Waals surface area (Å²) in [6.07, 6.45) is 3.93. The van der Waals surface area contributed by atoms with E-state index in [-0.39, 0.29) is 12.0 Å². The molecule has 0 spiro atoms. The summed E-state index contributed by atoms with van der Waals surface area (Å²) in [5.41, 5.74) is 0.359. The molecule has 1 aliphatic rings. The number of rotatable bonds is 8. The Balaban J connectivity index is 1.45. The molecule has 6 nitrogen and oxygen atoms in total. The summed E-state index contributed by atoms with van der Waals surface area (Å²) in [5, 5.41) is 9.94. The van der Waals surface area contributed by atoms with Gasteiger partial charge in [0.15, 0.2) is 17.7 Å². The Morgan fingerprint density at radius 1 is 1.11 bits per heavy atom. The van der Waals surface area contributed by atoms with Gasteiger partial charge in [0.05, 0.1) is 19.8 Å². The first-order chi connectivity index (χ1) is 13.2. The Labute approximate surface area is 159 Å². The van der Waals surface area contributed by atoms with Crippen molar-refractivity contribution in [3.63, 3.8) is 0 Å². The number of phenols is 1. The molecule has 0 bridgehead atoms. The highest BCUT2D eigenvalue weighted by atomic mass is 16.7. The van der Waals surface area contributed by atoms with Crippen LogP contribution in [-0.4, -0.2) is 31.2 Å². The van der Waals surface area contributed by atoms with Crippen molar-refractivity contribution in [2.24, 2.45) is 0 Å². The minimum atomic E-state index is -0.0723. The third kappa shape index (κ3) is 5.88. The maximum Gasteiger partial charge on any atom is 0.191 e. The molecule has 142 valence electrons. The largest absolute Gasteiger partial charge is 0.505 e. The van der Waals surface area contributed by atoms with Crippen LogP contribution in [-0.2, 0) is 9.47 Å². The third-order valence-electron chi connectivity index (χ3n) is 4.10. The van der Waals surface area contributed by atoms with E-state index in [4.69, 9.17) is 25.5 Å². The van der Waals surface area contributed by atoms with E-state index in [0.717, 1.165) is 32.3 Å². The number of hydrogen-bond donors (Lipinski definition) is 1. The molecule has 0 amide bonds. The Kier molecular flexibility index (Phi) is 6.91. The Morgan fingerprint density at radius 3 is 2.78 bits per heavy atom. The van der Waals surface area contributed by atoms with Crippen LogP contribution in [0.4, 0.5) is 5.69 Å². The SMILES string of the molecule is [C-]#[N+]c1ccc(Oc2cccc(OCCCOC3CCCCO3)c2)c(O)c1. The van der Waals surface area contributed by atoms with Gasteiger partial charge in [-0.05, 0) is 43.5 Å². The fourth-order valence-electron chi connectivity index (χ4n) is 2.72. The van der Waals surface area contributed by atoms with Gasteiger partial charge in [0.25, 0.3) is 0 Å². The van der Waals surface area contributed by atoms with Crippen molar-refractivity contribution in [2.45, 2.75) is 32.0 Å². The lowest BCUT2D eigenvalue weighted by atomic mass is 10.2. The zero-order valence-corrected chi connectivity index (χ0v) is 15.1. The molecule has 3 rings (SSSR count). The van der Waals surface area contributed by atoms with Gasteiger partial charge in [-0.1, -0.05) is 12.1 Å². The van der Waals surface area contributed by atoms with E-state index in [1.807, 2.05) is 12.1 Å². The van der Waals surface area contributed by atoms with E-state index in [9.17, 15) is 5.11 Å². The van der Waals surface area contributed by atoms with E-state index in [1.165, 1.54) is 6.07 Å². The van der Waals surface area contributed by atoms with Crippen LogP contribution in [0.5, 0.6) is 23.0 Å². The Morgan fingerprint density at radius 2 is 2.00 bits per heavy atom. The Hall–Kier alpha value is -2.75. The minimum Gasteiger partial charge on any atom is -0.505 e. The van der Waals surface area contributed by atoms with Crippen LogP contribution < -0.4 is 9.47 Å². The first-order valence-electron chi connectivity index (χ1n) is 9.09. The van der Waals surface area contributed by atoms with E-state index >= 15 is 0 Å². The van der Waals surface area contributed by atoms with E-state index < -0.39 is 0 Å². The normalized spacial score (nSPS) is 16.5. The highest BCUT2D eigenvalue weighted by Gasteiger charge is 2.13. The smallest absolute Gasteiger partial charge is 0.191 e. The number of hydrogen-bond acceptors (Lipinski definition) is 5. The van der Waals surface area contributed by atoms with Crippen LogP contribution in [0.25, 0.3) is 4.85 Å². The molecule has 1 unspecified atom stereocenters. The molecular weight excluding hydrogens is 346 g/mol. The van der Waals surface area contributed by atoms with Gasteiger partial charge in [-0.25, -0.2) is 4.85 Å². The summed E-state index contributed by atoms with van der Waals surface area (Å²) in [6, 6.07) is 11.7.